The third kappa shape index (κ3) is 3.25. The molecule has 4 nitrogen and oxygen atoms in total. The lowest BCUT2D eigenvalue weighted by atomic mass is 10.1. The van der Waals surface area contributed by atoms with Crippen molar-refractivity contribution < 1.29 is 9.53 Å². The fraction of sp³-hybridized carbons (Fsp3) is 0.0714. The molecule has 0 aliphatic heterocycles. The van der Waals surface area contributed by atoms with Gasteiger partial charge < -0.3 is 4.74 Å². The van der Waals surface area contributed by atoms with Crippen molar-refractivity contribution in [1.29, 1.82) is 0 Å². The Morgan fingerprint density at radius 1 is 1.28 bits per heavy atom. The van der Waals surface area contributed by atoms with Crippen molar-refractivity contribution in [2.45, 2.75) is 6.42 Å². The normalized spacial score (nSPS) is 9.78. The minimum absolute atomic E-state index is 0.237. The van der Waals surface area contributed by atoms with E-state index in [1.54, 1.807) is 6.20 Å². The number of carbonyl (C=O) groups excluding carboxylic acids is 1. The maximum Gasteiger partial charge on any atom is 0.336 e. The Morgan fingerprint density at radius 2 is 2.06 bits per heavy atom. The molecule has 0 radical (unpaired) electrons. The van der Waals surface area contributed by atoms with Crippen LogP contribution in [0.5, 0.6) is 5.88 Å². The standard InChI is InChI=1S/C14H12N2O2/c1-2-14(17)18-13-8-9-15-12(16-13)10-11-6-4-3-5-7-11/h2-9H,1,10H2. The summed E-state index contributed by atoms with van der Waals surface area (Å²) in [6.07, 6.45) is 3.26. The zero-order valence-electron chi connectivity index (χ0n) is 9.74. The van der Waals surface area contributed by atoms with Gasteiger partial charge >= 0.3 is 5.97 Å². The first-order valence-electron chi connectivity index (χ1n) is 5.48. The van der Waals surface area contributed by atoms with Gasteiger partial charge in [0.1, 0.15) is 5.82 Å². The Bertz CT molecular complexity index is 553. The third-order valence-corrected chi connectivity index (χ3v) is 2.26. The van der Waals surface area contributed by atoms with Gasteiger partial charge in [-0.3, -0.25) is 0 Å². The van der Waals surface area contributed by atoms with Gasteiger partial charge in [0, 0.05) is 24.8 Å². The van der Waals surface area contributed by atoms with E-state index in [-0.39, 0.29) is 5.88 Å². The van der Waals surface area contributed by atoms with Crippen LogP contribution in [0.1, 0.15) is 11.4 Å². The van der Waals surface area contributed by atoms with Crippen LogP contribution in [0.15, 0.2) is 55.3 Å². The SMILES string of the molecule is C=CC(=O)Oc1ccnc(Cc2ccccc2)n1. The first kappa shape index (κ1) is 12.0. The van der Waals surface area contributed by atoms with E-state index in [1.165, 1.54) is 6.07 Å². The van der Waals surface area contributed by atoms with Crippen molar-refractivity contribution in [2.75, 3.05) is 0 Å². The van der Waals surface area contributed by atoms with Crippen LogP contribution in [0.3, 0.4) is 0 Å². The Balaban J connectivity index is 2.12. The van der Waals surface area contributed by atoms with E-state index in [0.717, 1.165) is 11.6 Å². The summed E-state index contributed by atoms with van der Waals surface area (Å²) in [6.45, 7) is 3.33. The minimum Gasteiger partial charge on any atom is -0.404 e. The topological polar surface area (TPSA) is 52.1 Å². The van der Waals surface area contributed by atoms with Gasteiger partial charge in [-0.1, -0.05) is 36.9 Å². The summed E-state index contributed by atoms with van der Waals surface area (Å²) in [5.74, 6) is 0.316. The summed E-state index contributed by atoms with van der Waals surface area (Å²) in [7, 11) is 0. The summed E-state index contributed by atoms with van der Waals surface area (Å²) < 4.78 is 4.93. The lowest BCUT2D eigenvalue weighted by molar-refractivity contribution is -0.129. The molecule has 0 spiro atoms. The third-order valence-electron chi connectivity index (χ3n) is 2.26. The summed E-state index contributed by atoms with van der Waals surface area (Å²) in [6, 6.07) is 11.4. The molecule has 18 heavy (non-hydrogen) atoms. The molecule has 0 unspecified atom stereocenters. The maximum atomic E-state index is 11.1. The van der Waals surface area contributed by atoms with E-state index in [4.69, 9.17) is 4.74 Å². The predicted octanol–water partition coefficient (Wildman–Crippen LogP) is 2.16. The van der Waals surface area contributed by atoms with Crippen LogP contribution in [0.25, 0.3) is 0 Å². The smallest absolute Gasteiger partial charge is 0.336 e. The summed E-state index contributed by atoms with van der Waals surface area (Å²) >= 11 is 0. The van der Waals surface area contributed by atoms with Crippen LogP contribution in [-0.2, 0) is 11.2 Å². The van der Waals surface area contributed by atoms with Crippen LogP contribution in [0, 0.1) is 0 Å². The summed E-state index contributed by atoms with van der Waals surface area (Å²) in [5, 5.41) is 0. The Morgan fingerprint density at radius 3 is 2.78 bits per heavy atom. The van der Waals surface area contributed by atoms with Gasteiger partial charge in [0.05, 0.1) is 0 Å². The van der Waals surface area contributed by atoms with E-state index < -0.39 is 5.97 Å². The van der Waals surface area contributed by atoms with Gasteiger partial charge in [-0.2, -0.15) is 4.98 Å². The molecule has 2 aromatic rings. The van der Waals surface area contributed by atoms with Crippen molar-refractivity contribution in [2.24, 2.45) is 0 Å². The summed E-state index contributed by atoms with van der Waals surface area (Å²) in [5.41, 5.74) is 1.10. The molecule has 0 saturated heterocycles. The van der Waals surface area contributed by atoms with Gasteiger partial charge in [-0.15, -0.1) is 0 Å². The number of benzene rings is 1. The largest absolute Gasteiger partial charge is 0.404 e. The highest BCUT2D eigenvalue weighted by atomic mass is 16.5. The van der Waals surface area contributed by atoms with Crippen molar-refractivity contribution >= 4 is 5.97 Å². The average molecular weight is 240 g/mol. The fourth-order valence-electron chi connectivity index (χ4n) is 1.45. The van der Waals surface area contributed by atoms with Crippen LogP contribution in [-0.4, -0.2) is 15.9 Å². The highest BCUT2D eigenvalue weighted by molar-refractivity contribution is 5.83. The van der Waals surface area contributed by atoms with Crippen LogP contribution in [0.2, 0.25) is 0 Å². The first-order chi connectivity index (χ1) is 8.78. The molecule has 0 atom stereocenters. The number of ether oxygens (including phenoxy) is 1. The Labute approximate surface area is 105 Å². The minimum atomic E-state index is -0.528. The van der Waals surface area contributed by atoms with Crippen molar-refractivity contribution in [1.82, 2.24) is 9.97 Å². The van der Waals surface area contributed by atoms with E-state index in [2.05, 4.69) is 16.5 Å². The quantitative estimate of drug-likeness (QED) is 0.607. The monoisotopic (exact) mass is 240 g/mol. The highest BCUT2D eigenvalue weighted by Crippen LogP contribution is 2.09. The van der Waals surface area contributed by atoms with Gasteiger partial charge in [-0.25, -0.2) is 9.78 Å². The van der Waals surface area contributed by atoms with Crippen LogP contribution >= 0.6 is 0 Å². The molecule has 0 bridgehead atoms. The van der Waals surface area contributed by atoms with Crippen LogP contribution < -0.4 is 4.74 Å². The van der Waals surface area contributed by atoms with Crippen LogP contribution in [0.4, 0.5) is 0 Å². The second-order valence-corrected chi connectivity index (χ2v) is 3.60. The molecule has 1 heterocycles. The molecule has 2 rings (SSSR count). The molecule has 1 aromatic heterocycles. The molecule has 0 aliphatic rings. The zero-order chi connectivity index (χ0) is 12.8. The number of carbonyl (C=O) groups is 1. The lowest BCUT2D eigenvalue weighted by Crippen LogP contribution is -2.06. The molecule has 0 fully saturated rings. The summed E-state index contributed by atoms with van der Waals surface area (Å²) in [4.78, 5) is 19.3. The van der Waals surface area contributed by atoms with E-state index in [1.807, 2.05) is 30.3 Å². The number of aromatic nitrogens is 2. The number of esters is 1. The zero-order valence-corrected chi connectivity index (χ0v) is 9.74. The molecule has 0 N–H and O–H groups in total. The van der Waals surface area contributed by atoms with Crippen molar-refractivity contribution in [3.8, 4) is 5.88 Å². The molecule has 1 aromatic carbocycles. The predicted molar refractivity (Wildman–Crippen MR) is 67.1 cm³/mol. The molecule has 4 heteroatoms. The fourth-order valence-corrected chi connectivity index (χ4v) is 1.45. The molecular formula is C14H12N2O2. The molecule has 90 valence electrons. The number of hydrogen-bond donors (Lipinski definition) is 0. The van der Waals surface area contributed by atoms with E-state index in [0.29, 0.717) is 12.2 Å². The second-order valence-electron chi connectivity index (χ2n) is 3.60. The van der Waals surface area contributed by atoms with Gasteiger partial charge in [0.15, 0.2) is 0 Å². The average Bonchev–Trinajstić information content (AvgIpc) is 2.40. The molecular weight excluding hydrogens is 228 g/mol. The lowest BCUT2D eigenvalue weighted by Gasteiger charge is -2.03. The molecule has 0 aliphatic carbocycles. The molecule has 0 saturated carbocycles. The first-order valence-corrected chi connectivity index (χ1v) is 5.48. The number of nitrogens with zero attached hydrogens (tertiary/aromatic N) is 2. The Kier molecular flexibility index (Phi) is 3.81. The Hall–Kier alpha value is -2.49. The van der Waals surface area contributed by atoms with E-state index >= 15 is 0 Å². The van der Waals surface area contributed by atoms with Gasteiger partial charge in [-0.05, 0) is 5.56 Å². The van der Waals surface area contributed by atoms with Crippen molar-refractivity contribution in [3.63, 3.8) is 0 Å². The number of hydrogen-bond acceptors (Lipinski definition) is 4. The van der Waals surface area contributed by atoms with Gasteiger partial charge in [0.25, 0.3) is 0 Å². The second kappa shape index (κ2) is 5.72. The maximum absolute atomic E-state index is 11.1. The van der Waals surface area contributed by atoms with Crippen molar-refractivity contribution in [3.05, 3.63) is 66.6 Å². The highest BCUT2D eigenvalue weighted by Gasteiger charge is 2.04. The van der Waals surface area contributed by atoms with Gasteiger partial charge in [0.2, 0.25) is 5.88 Å². The van der Waals surface area contributed by atoms with E-state index in [9.17, 15) is 4.79 Å². The number of rotatable bonds is 4. The molecule has 0 amide bonds.